The molecule has 0 aliphatic carbocycles. The zero-order chi connectivity index (χ0) is 9.84. The maximum Gasteiger partial charge on any atom is 0.325 e. The Hall–Kier alpha value is -1.14. The summed E-state index contributed by atoms with van der Waals surface area (Å²) in [6.07, 6.45) is 1.35. The number of hydrogen-bond donors (Lipinski definition) is 2. The minimum absolute atomic E-state index is 0.185. The molecule has 1 heterocycles. The molecule has 0 aromatic carbocycles. The van der Waals surface area contributed by atoms with Gasteiger partial charge in [0.05, 0.1) is 18.4 Å². The van der Waals surface area contributed by atoms with Gasteiger partial charge in [-0.15, -0.1) is 0 Å². The highest BCUT2D eigenvalue weighted by molar-refractivity contribution is 9.10. The maximum atomic E-state index is 10.8. The van der Waals surface area contributed by atoms with Crippen molar-refractivity contribution in [2.45, 2.75) is 0 Å². The zero-order valence-electron chi connectivity index (χ0n) is 6.66. The van der Waals surface area contributed by atoms with Crippen LogP contribution in [0.4, 0.5) is 5.69 Å². The number of nitrogen functional groups attached to an aromatic ring is 1. The van der Waals surface area contributed by atoms with Gasteiger partial charge in [0.1, 0.15) is 4.60 Å². The van der Waals surface area contributed by atoms with Crippen molar-refractivity contribution in [3.8, 4) is 5.75 Å². The molecule has 0 atom stereocenters. The van der Waals surface area contributed by atoms with Gasteiger partial charge in [-0.25, -0.2) is 4.98 Å². The number of pyridine rings is 1. The number of nitrogens with two attached hydrogens (primary N) is 2. The number of carbonyl (C=O) groups is 1. The van der Waals surface area contributed by atoms with Crippen LogP contribution in [0.15, 0.2) is 16.9 Å². The smallest absolute Gasteiger partial charge is 0.325 e. The van der Waals surface area contributed by atoms with Gasteiger partial charge in [0.25, 0.3) is 0 Å². The van der Waals surface area contributed by atoms with Gasteiger partial charge in [-0.2, -0.15) is 0 Å². The second kappa shape index (κ2) is 4.20. The first-order chi connectivity index (χ1) is 6.13. The lowest BCUT2D eigenvalue weighted by Gasteiger charge is -2.04. The fraction of sp³-hybridized carbons (Fsp3) is 0.143. The van der Waals surface area contributed by atoms with Gasteiger partial charge < -0.3 is 16.2 Å². The lowest BCUT2D eigenvalue weighted by atomic mass is 10.4. The molecule has 1 aromatic heterocycles. The topological polar surface area (TPSA) is 91.2 Å². The molecule has 70 valence electrons. The molecule has 13 heavy (non-hydrogen) atoms. The van der Waals surface area contributed by atoms with Crippen molar-refractivity contribution in [2.75, 3.05) is 12.3 Å². The third kappa shape index (κ3) is 2.67. The molecule has 0 bridgehead atoms. The predicted octanol–water partition coefficient (Wildman–Crippen LogP) is 0.290. The van der Waals surface area contributed by atoms with Crippen molar-refractivity contribution in [2.24, 2.45) is 5.73 Å². The molecular formula is C7H8BrN3O2. The third-order valence-corrected chi connectivity index (χ3v) is 1.69. The molecule has 0 spiro atoms. The van der Waals surface area contributed by atoms with Crippen LogP contribution in [-0.4, -0.2) is 17.5 Å². The summed E-state index contributed by atoms with van der Waals surface area (Å²) in [5.74, 6) is -0.325. The molecule has 1 rings (SSSR count). The maximum absolute atomic E-state index is 10.8. The zero-order valence-corrected chi connectivity index (χ0v) is 8.24. The number of anilines is 1. The van der Waals surface area contributed by atoms with Gasteiger partial charge in [0.15, 0.2) is 5.75 Å². The van der Waals surface area contributed by atoms with Crippen LogP contribution in [0.3, 0.4) is 0 Å². The average Bonchev–Trinajstić information content (AvgIpc) is 2.09. The van der Waals surface area contributed by atoms with E-state index in [4.69, 9.17) is 16.2 Å². The second-order valence-corrected chi connectivity index (χ2v) is 3.04. The molecule has 0 saturated heterocycles. The molecule has 0 unspecified atom stereocenters. The molecule has 0 aliphatic rings. The van der Waals surface area contributed by atoms with Crippen LogP contribution in [0, 0.1) is 0 Å². The monoisotopic (exact) mass is 245 g/mol. The molecule has 1 aromatic rings. The van der Waals surface area contributed by atoms with Gasteiger partial charge in [0, 0.05) is 0 Å². The molecule has 4 N–H and O–H groups in total. The molecule has 0 radical (unpaired) electrons. The highest BCUT2D eigenvalue weighted by atomic mass is 79.9. The Labute approximate surface area is 83.2 Å². The molecule has 0 fully saturated rings. The van der Waals surface area contributed by atoms with Crippen molar-refractivity contribution in [3.63, 3.8) is 0 Å². The Kier molecular flexibility index (Phi) is 3.21. The number of ether oxygens (including phenoxy) is 1. The van der Waals surface area contributed by atoms with E-state index in [9.17, 15) is 4.79 Å². The normalized spacial score (nSPS) is 9.69. The Balaban J connectivity index is 2.83. The Morgan fingerprint density at radius 1 is 1.69 bits per heavy atom. The van der Waals surface area contributed by atoms with E-state index in [1.807, 2.05) is 0 Å². The molecule has 0 amide bonds. The number of rotatable bonds is 2. The summed E-state index contributed by atoms with van der Waals surface area (Å²) in [7, 11) is 0. The van der Waals surface area contributed by atoms with Crippen LogP contribution in [0.25, 0.3) is 0 Å². The molecule has 0 aliphatic heterocycles. The van der Waals surface area contributed by atoms with Crippen LogP contribution >= 0.6 is 15.9 Å². The van der Waals surface area contributed by atoms with E-state index < -0.39 is 5.97 Å². The van der Waals surface area contributed by atoms with Crippen molar-refractivity contribution in [1.82, 2.24) is 4.98 Å². The average molecular weight is 246 g/mol. The third-order valence-electron chi connectivity index (χ3n) is 1.25. The number of halogens is 1. The second-order valence-electron chi connectivity index (χ2n) is 2.22. The summed E-state index contributed by atoms with van der Waals surface area (Å²) in [6, 6.07) is 1.54. The minimum Gasteiger partial charge on any atom is -0.422 e. The summed E-state index contributed by atoms with van der Waals surface area (Å²) in [6.45, 7) is -0.185. The van der Waals surface area contributed by atoms with E-state index in [1.165, 1.54) is 6.20 Å². The number of hydrogen-bond acceptors (Lipinski definition) is 5. The van der Waals surface area contributed by atoms with Crippen LogP contribution in [0.5, 0.6) is 5.75 Å². The quantitative estimate of drug-likeness (QED) is 0.578. The van der Waals surface area contributed by atoms with E-state index in [1.54, 1.807) is 6.07 Å². The fourth-order valence-corrected chi connectivity index (χ4v) is 1.03. The largest absolute Gasteiger partial charge is 0.422 e. The standard InChI is InChI=1S/C7H8BrN3O2/c8-6-1-4(10)5(3-11-6)13-7(12)2-9/h1,3H,2,9H2,(H2,10,11). The Morgan fingerprint density at radius 3 is 2.92 bits per heavy atom. The van der Waals surface area contributed by atoms with Crippen molar-refractivity contribution >= 4 is 27.6 Å². The van der Waals surface area contributed by atoms with E-state index in [-0.39, 0.29) is 12.3 Å². The number of aromatic nitrogens is 1. The first-order valence-electron chi connectivity index (χ1n) is 3.45. The lowest BCUT2D eigenvalue weighted by molar-refractivity contribution is -0.132. The fourth-order valence-electron chi connectivity index (χ4n) is 0.681. The summed E-state index contributed by atoms with van der Waals surface area (Å²) < 4.78 is 5.36. The minimum atomic E-state index is -0.546. The van der Waals surface area contributed by atoms with E-state index in [2.05, 4.69) is 20.9 Å². The van der Waals surface area contributed by atoms with Crippen molar-refractivity contribution < 1.29 is 9.53 Å². The number of esters is 1. The van der Waals surface area contributed by atoms with Crippen LogP contribution < -0.4 is 16.2 Å². The SMILES string of the molecule is NCC(=O)Oc1cnc(Br)cc1N. The summed E-state index contributed by atoms with van der Waals surface area (Å²) in [5.41, 5.74) is 10.9. The van der Waals surface area contributed by atoms with Crippen LogP contribution in [-0.2, 0) is 4.79 Å². The van der Waals surface area contributed by atoms with Crippen molar-refractivity contribution in [3.05, 3.63) is 16.9 Å². The van der Waals surface area contributed by atoms with Crippen LogP contribution in [0.2, 0.25) is 0 Å². The highest BCUT2D eigenvalue weighted by Gasteiger charge is 2.06. The molecule has 6 heteroatoms. The van der Waals surface area contributed by atoms with Gasteiger partial charge in [0.2, 0.25) is 0 Å². The van der Waals surface area contributed by atoms with Gasteiger partial charge in [-0.1, -0.05) is 0 Å². The highest BCUT2D eigenvalue weighted by Crippen LogP contribution is 2.22. The Bertz CT molecular complexity index is 330. The van der Waals surface area contributed by atoms with E-state index in [0.29, 0.717) is 10.3 Å². The molecular weight excluding hydrogens is 238 g/mol. The Morgan fingerprint density at radius 2 is 2.38 bits per heavy atom. The first kappa shape index (κ1) is 9.94. The van der Waals surface area contributed by atoms with Crippen molar-refractivity contribution in [1.29, 1.82) is 0 Å². The van der Waals surface area contributed by atoms with Crippen LogP contribution in [0.1, 0.15) is 0 Å². The van der Waals surface area contributed by atoms with Gasteiger partial charge in [-0.3, -0.25) is 4.79 Å². The lowest BCUT2D eigenvalue weighted by Crippen LogP contribution is -2.20. The number of nitrogens with zero attached hydrogens (tertiary/aromatic N) is 1. The van der Waals surface area contributed by atoms with E-state index in [0.717, 1.165) is 0 Å². The van der Waals surface area contributed by atoms with Gasteiger partial charge >= 0.3 is 5.97 Å². The molecule has 0 saturated carbocycles. The van der Waals surface area contributed by atoms with Gasteiger partial charge in [-0.05, 0) is 22.0 Å². The summed E-state index contributed by atoms with van der Waals surface area (Å²) >= 11 is 3.12. The predicted molar refractivity (Wildman–Crippen MR) is 51.0 cm³/mol. The summed E-state index contributed by atoms with van der Waals surface area (Å²) in [4.78, 5) is 14.6. The van der Waals surface area contributed by atoms with E-state index >= 15 is 0 Å². The first-order valence-corrected chi connectivity index (χ1v) is 4.24. The number of carbonyl (C=O) groups excluding carboxylic acids is 1. The molecule has 5 nitrogen and oxygen atoms in total. The summed E-state index contributed by atoms with van der Waals surface area (Å²) in [5, 5.41) is 0.